The molecule has 0 heterocycles. The Bertz CT molecular complexity index is 797. The monoisotopic (exact) mass is 478 g/mol. The molecule has 7 aliphatic carbocycles. The van der Waals surface area contributed by atoms with Crippen molar-refractivity contribution >= 4 is 0 Å². The summed E-state index contributed by atoms with van der Waals surface area (Å²) in [5, 5.41) is 0. The molecule has 198 valence electrons. The SMILES string of the molecule is CC1CC(C)C2C(C1)C1C3C4C5CCCCC5CCC4C(C)(C)C3CCC1C21CC(C)CC(C)C1. The number of fused-ring (bicyclic) bond motifs is 11. The Balaban J connectivity index is 1.34. The lowest BCUT2D eigenvalue weighted by molar-refractivity contribution is -0.0465. The molecule has 0 N–H and O–H groups in total. The highest BCUT2D eigenvalue weighted by molar-refractivity contribution is 5.19. The van der Waals surface area contributed by atoms with Gasteiger partial charge in [0.15, 0.2) is 0 Å². The summed E-state index contributed by atoms with van der Waals surface area (Å²) in [5.41, 5.74) is 1.31. The maximum Gasteiger partial charge on any atom is -0.0228 e. The van der Waals surface area contributed by atoms with Crippen molar-refractivity contribution in [3.05, 3.63) is 0 Å². The van der Waals surface area contributed by atoms with Gasteiger partial charge in [0.05, 0.1) is 0 Å². The zero-order valence-electron chi connectivity index (χ0n) is 24.3. The average Bonchev–Trinajstić information content (AvgIpc) is 3.19. The van der Waals surface area contributed by atoms with Gasteiger partial charge in [0.25, 0.3) is 0 Å². The second-order valence-corrected chi connectivity index (χ2v) is 17.1. The van der Waals surface area contributed by atoms with Crippen LogP contribution in [0.4, 0.5) is 0 Å². The van der Waals surface area contributed by atoms with Crippen molar-refractivity contribution in [2.45, 2.75) is 125 Å². The first kappa shape index (κ1) is 24.1. The van der Waals surface area contributed by atoms with Crippen molar-refractivity contribution in [2.24, 2.45) is 93.7 Å². The zero-order valence-corrected chi connectivity index (χ0v) is 24.3. The molecule has 0 aromatic carbocycles. The highest BCUT2D eigenvalue weighted by atomic mass is 14.8. The van der Waals surface area contributed by atoms with Gasteiger partial charge in [-0.15, -0.1) is 0 Å². The molecule has 0 bridgehead atoms. The molecule has 14 unspecified atom stereocenters. The van der Waals surface area contributed by atoms with Gasteiger partial charge in [0.2, 0.25) is 0 Å². The smallest absolute Gasteiger partial charge is 0.0228 e. The molecular weight excluding hydrogens is 420 g/mol. The van der Waals surface area contributed by atoms with E-state index in [-0.39, 0.29) is 0 Å². The minimum atomic E-state index is 0.604. The van der Waals surface area contributed by atoms with Crippen molar-refractivity contribution in [1.29, 1.82) is 0 Å². The molecule has 7 fully saturated rings. The molecule has 0 aliphatic heterocycles. The topological polar surface area (TPSA) is 0 Å². The van der Waals surface area contributed by atoms with E-state index in [1.165, 1.54) is 12.8 Å². The Kier molecular flexibility index (Phi) is 5.67. The zero-order chi connectivity index (χ0) is 24.3. The van der Waals surface area contributed by atoms with Crippen LogP contribution < -0.4 is 0 Å². The maximum atomic E-state index is 2.78. The summed E-state index contributed by atoms with van der Waals surface area (Å²) in [6.45, 7) is 16.2. The van der Waals surface area contributed by atoms with Crippen molar-refractivity contribution < 1.29 is 0 Å². The first-order chi connectivity index (χ1) is 16.7. The summed E-state index contributed by atoms with van der Waals surface area (Å²) in [7, 11) is 0. The predicted molar refractivity (Wildman–Crippen MR) is 148 cm³/mol. The van der Waals surface area contributed by atoms with E-state index in [4.69, 9.17) is 0 Å². The van der Waals surface area contributed by atoms with Gasteiger partial charge in [-0.25, -0.2) is 0 Å². The van der Waals surface area contributed by atoms with Gasteiger partial charge in [-0.2, -0.15) is 0 Å². The van der Waals surface area contributed by atoms with Crippen LogP contribution in [0.5, 0.6) is 0 Å². The molecule has 0 nitrogen and oxygen atoms in total. The molecule has 0 saturated heterocycles. The molecule has 1 spiro atoms. The van der Waals surface area contributed by atoms with E-state index in [0.717, 1.165) is 82.9 Å². The van der Waals surface area contributed by atoms with Crippen molar-refractivity contribution in [3.8, 4) is 0 Å². The van der Waals surface area contributed by atoms with Crippen LogP contribution in [0.3, 0.4) is 0 Å². The third kappa shape index (κ3) is 3.28. The minimum Gasteiger partial charge on any atom is -0.0625 e. The van der Waals surface area contributed by atoms with Gasteiger partial charge in [-0.1, -0.05) is 60.8 Å². The van der Waals surface area contributed by atoms with Gasteiger partial charge in [-0.05, 0) is 158 Å². The van der Waals surface area contributed by atoms with E-state index >= 15 is 0 Å². The summed E-state index contributed by atoms with van der Waals surface area (Å²) in [5.74, 6) is 14.7. The van der Waals surface area contributed by atoms with E-state index < -0.39 is 0 Å². The molecule has 14 atom stereocenters. The summed E-state index contributed by atoms with van der Waals surface area (Å²) in [6, 6.07) is 0. The third-order valence-electron chi connectivity index (χ3n) is 15.0. The van der Waals surface area contributed by atoms with Crippen LogP contribution in [0.1, 0.15) is 125 Å². The van der Waals surface area contributed by atoms with Crippen molar-refractivity contribution in [2.75, 3.05) is 0 Å². The lowest BCUT2D eigenvalue weighted by Gasteiger charge is -2.53. The van der Waals surface area contributed by atoms with E-state index in [1.807, 2.05) is 0 Å². The first-order valence-corrected chi connectivity index (χ1v) is 16.7. The van der Waals surface area contributed by atoms with Gasteiger partial charge < -0.3 is 0 Å². The predicted octanol–water partition coefficient (Wildman–Crippen LogP) is 9.87. The molecule has 7 rings (SSSR count). The Labute approximate surface area is 218 Å². The fourth-order valence-corrected chi connectivity index (χ4v) is 15.0. The van der Waals surface area contributed by atoms with E-state index in [0.29, 0.717) is 10.8 Å². The van der Waals surface area contributed by atoms with Crippen LogP contribution in [0.2, 0.25) is 0 Å². The summed E-state index contributed by atoms with van der Waals surface area (Å²) < 4.78 is 0. The highest BCUT2D eigenvalue weighted by Crippen LogP contribution is 2.77. The van der Waals surface area contributed by atoms with Crippen LogP contribution in [-0.2, 0) is 0 Å². The summed E-state index contributed by atoms with van der Waals surface area (Å²) >= 11 is 0. The molecule has 0 amide bonds. The molecule has 0 aromatic rings. The van der Waals surface area contributed by atoms with E-state index in [2.05, 4.69) is 41.5 Å². The average molecular weight is 479 g/mol. The lowest BCUT2D eigenvalue weighted by Crippen LogP contribution is -2.46. The molecule has 0 radical (unpaired) electrons. The largest absolute Gasteiger partial charge is 0.0625 e. The lowest BCUT2D eigenvalue weighted by atomic mass is 9.51. The van der Waals surface area contributed by atoms with Crippen LogP contribution >= 0.6 is 0 Å². The number of hydrogen-bond donors (Lipinski definition) is 0. The molecule has 0 heteroatoms. The quantitative estimate of drug-likeness (QED) is 0.325. The van der Waals surface area contributed by atoms with Crippen LogP contribution in [0.15, 0.2) is 0 Å². The fraction of sp³-hybridized carbons (Fsp3) is 1.00. The summed E-state index contributed by atoms with van der Waals surface area (Å²) in [6.07, 6.45) is 20.5. The molecule has 35 heavy (non-hydrogen) atoms. The second-order valence-electron chi connectivity index (χ2n) is 17.1. The standard InChI is InChI=1S/C35H58/c1-20-16-23(4)33-26(17-20)31-29(35(33)18-21(2)15-22(3)19-35)14-13-28-32(31)30-25-10-8-7-9-24(25)11-12-27(30)34(28,5)6/h20-33H,7-19H2,1-6H3. The Hall–Kier alpha value is 0. The van der Waals surface area contributed by atoms with Crippen LogP contribution in [0.25, 0.3) is 0 Å². The fourth-order valence-electron chi connectivity index (χ4n) is 15.0. The number of hydrogen-bond acceptors (Lipinski definition) is 0. The Morgan fingerprint density at radius 2 is 1.17 bits per heavy atom. The van der Waals surface area contributed by atoms with Gasteiger partial charge in [0.1, 0.15) is 0 Å². The van der Waals surface area contributed by atoms with E-state index in [1.54, 1.807) is 70.6 Å². The number of rotatable bonds is 0. The van der Waals surface area contributed by atoms with Crippen molar-refractivity contribution in [1.82, 2.24) is 0 Å². The molecule has 7 saturated carbocycles. The normalized spacial score (nSPS) is 60.9. The highest BCUT2D eigenvalue weighted by Gasteiger charge is 2.71. The maximum absolute atomic E-state index is 2.78. The van der Waals surface area contributed by atoms with Gasteiger partial charge in [0, 0.05) is 0 Å². The van der Waals surface area contributed by atoms with Crippen molar-refractivity contribution in [3.63, 3.8) is 0 Å². The molecule has 0 aromatic heterocycles. The van der Waals surface area contributed by atoms with Gasteiger partial charge in [-0.3, -0.25) is 0 Å². The van der Waals surface area contributed by atoms with Gasteiger partial charge >= 0.3 is 0 Å². The molecular formula is C35H58. The van der Waals surface area contributed by atoms with E-state index in [9.17, 15) is 0 Å². The summed E-state index contributed by atoms with van der Waals surface area (Å²) in [4.78, 5) is 0. The second kappa shape index (κ2) is 8.25. The van der Waals surface area contributed by atoms with Crippen LogP contribution in [-0.4, -0.2) is 0 Å². The first-order valence-electron chi connectivity index (χ1n) is 16.7. The third-order valence-corrected chi connectivity index (χ3v) is 15.0. The Morgan fingerprint density at radius 1 is 0.543 bits per heavy atom. The Morgan fingerprint density at radius 3 is 1.94 bits per heavy atom. The van der Waals surface area contributed by atoms with Crippen LogP contribution in [0, 0.1) is 93.7 Å². The minimum absolute atomic E-state index is 0.604. The molecule has 7 aliphatic rings.